The normalized spacial score (nSPS) is 10.7. The lowest BCUT2D eigenvalue weighted by Gasteiger charge is -2.04. The average molecular weight is 240 g/mol. The van der Waals surface area contributed by atoms with Gasteiger partial charge >= 0.3 is 5.97 Å². The molecule has 1 heterocycles. The zero-order valence-corrected chi connectivity index (χ0v) is 9.58. The first-order valence-electron chi connectivity index (χ1n) is 4.61. The fourth-order valence-corrected chi connectivity index (χ4v) is 1.95. The van der Waals surface area contributed by atoms with Gasteiger partial charge in [-0.3, -0.25) is 0 Å². The van der Waals surface area contributed by atoms with Gasteiger partial charge in [0.05, 0.1) is 17.6 Å². The molecule has 84 valence electrons. The van der Waals surface area contributed by atoms with E-state index in [0.717, 1.165) is 10.9 Å². The van der Waals surface area contributed by atoms with E-state index in [1.807, 2.05) is 0 Å². The molecule has 0 aliphatic heterocycles. The van der Waals surface area contributed by atoms with Crippen LogP contribution in [-0.4, -0.2) is 22.8 Å². The van der Waals surface area contributed by atoms with E-state index in [4.69, 9.17) is 21.4 Å². The minimum atomic E-state index is -0.964. The molecule has 0 saturated carbocycles. The highest BCUT2D eigenvalue weighted by molar-refractivity contribution is 6.32. The summed E-state index contributed by atoms with van der Waals surface area (Å²) < 4.78 is 6.68. The zero-order valence-electron chi connectivity index (χ0n) is 8.82. The number of aromatic carboxylic acids is 1. The number of carboxylic acid groups (broad SMARTS) is 1. The molecule has 0 aliphatic carbocycles. The quantitative estimate of drug-likeness (QED) is 0.876. The molecular weight excluding hydrogens is 230 g/mol. The Kier molecular flexibility index (Phi) is 2.52. The van der Waals surface area contributed by atoms with Crippen LogP contribution in [-0.2, 0) is 7.05 Å². The van der Waals surface area contributed by atoms with Gasteiger partial charge in [-0.05, 0) is 12.1 Å². The number of halogens is 1. The number of carbonyl (C=O) groups is 1. The summed E-state index contributed by atoms with van der Waals surface area (Å²) in [6.45, 7) is 0. The summed E-state index contributed by atoms with van der Waals surface area (Å²) in [4.78, 5) is 10.9. The predicted molar refractivity (Wildman–Crippen MR) is 61.4 cm³/mol. The topological polar surface area (TPSA) is 51.5 Å². The van der Waals surface area contributed by atoms with Gasteiger partial charge in [-0.15, -0.1) is 0 Å². The molecule has 5 heteroatoms. The van der Waals surface area contributed by atoms with E-state index in [2.05, 4.69) is 0 Å². The predicted octanol–water partition coefficient (Wildman–Crippen LogP) is 2.54. The Morgan fingerprint density at radius 3 is 2.69 bits per heavy atom. The summed E-state index contributed by atoms with van der Waals surface area (Å²) in [5, 5.41) is 10.2. The van der Waals surface area contributed by atoms with Crippen molar-refractivity contribution in [3.05, 3.63) is 28.9 Å². The minimum absolute atomic E-state index is 0.222. The van der Waals surface area contributed by atoms with Gasteiger partial charge in [-0.25, -0.2) is 4.79 Å². The van der Waals surface area contributed by atoms with Gasteiger partial charge in [0.15, 0.2) is 0 Å². The second kappa shape index (κ2) is 3.72. The smallest absolute Gasteiger partial charge is 0.352 e. The van der Waals surface area contributed by atoms with Crippen LogP contribution in [0.3, 0.4) is 0 Å². The molecule has 16 heavy (non-hydrogen) atoms. The Hall–Kier alpha value is -1.68. The number of aryl methyl sites for hydroxylation is 1. The van der Waals surface area contributed by atoms with E-state index in [1.165, 1.54) is 7.11 Å². The van der Waals surface area contributed by atoms with Crippen LogP contribution in [0.2, 0.25) is 5.02 Å². The molecule has 0 radical (unpaired) electrons. The van der Waals surface area contributed by atoms with Crippen molar-refractivity contribution in [1.29, 1.82) is 0 Å². The standard InChI is InChI=1S/C11H10ClNO3/c1-13-8-5-10(16-2)7(12)3-6(8)4-9(13)11(14)15/h3-5H,1-2H3,(H,14,15). The van der Waals surface area contributed by atoms with Crippen LogP contribution in [0.15, 0.2) is 18.2 Å². The van der Waals surface area contributed by atoms with E-state index >= 15 is 0 Å². The first-order chi connectivity index (χ1) is 7.54. The summed E-state index contributed by atoms with van der Waals surface area (Å²) in [5.41, 5.74) is 0.998. The Bertz CT molecular complexity index is 574. The van der Waals surface area contributed by atoms with Crippen LogP contribution in [0.5, 0.6) is 5.75 Å². The van der Waals surface area contributed by atoms with Crippen molar-refractivity contribution in [3.8, 4) is 5.75 Å². The van der Waals surface area contributed by atoms with E-state index in [-0.39, 0.29) is 5.69 Å². The van der Waals surface area contributed by atoms with Crippen molar-refractivity contribution >= 4 is 28.5 Å². The molecule has 0 unspecified atom stereocenters. The lowest BCUT2D eigenvalue weighted by molar-refractivity contribution is 0.0687. The molecule has 0 fully saturated rings. The molecule has 1 aromatic heterocycles. The Morgan fingerprint density at radius 2 is 2.12 bits per heavy atom. The zero-order chi connectivity index (χ0) is 11.9. The highest BCUT2D eigenvalue weighted by Crippen LogP contribution is 2.31. The molecule has 0 aliphatic rings. The minimum Gasteiger partial charge on any atom is -0.495 e. The second-order valence-corrected chi connectivity index (χ2v) is 3.85. The number of carboxylic acids is 1. The summed E-state index contributed by atoms with van der Waals surface area (Å²) in [5.74, 6) is -0.430. The molecule has 0 bridgehead atoms. The molecule has 1 aromatic carbocycles. The third-order valence-corrected chi connectivity index (χ3v) is 2.83. The van der Waals surface area contributed by atoms with E-state index < -0.39 is 5.97 Å². The van der Waals surface area contributed by atoms with Crippen LogP contribution in [0, 0.1) is 0 Å². The van der Waals surface area contributed by atoms with Crippen molar-refractivity contribution in [3.63, 3.8) is 0 Å². The van der Waals surface area contributed by atoms with Crippen molar-refractivity contribution < 1.29 is 14.6 Å². The fraction of sp³-hybridized carbons (Fsp3) is 0.182. The number of rotatable bonds is 2. The van der Waals surface area contributed by atoms with Crippen molar-refractivity contribution in [1.82, 2.24) is 4.57 Å². The summed E-state index contributed by atoms with van der Waals surface area (Å²) in [7, 11) is 3.22. The highest BCUT2D eigenvalue weighted by Gasteiger charge is 2.13. The highest BCUT2D eigenvalue weighted by atomic mass is 35.5. The van der Waals surface area contributed by atoms with Crippen LogP contribution >= 0.6 is 11.6 Å². The van der Waals surface area contributed by atoms with Gasteiger partial charge in [-0.2, -0.15) is 0 Å². The van der Waals surface area contributed by atoms with E-state index in [9.17, 15) is 4.79 Å². The molecule has 4 nitrogen and oxygen atoms in total. The van der Waals surface area contributed by atoms with Gasteiger partial charge in [0.25, 0.3) is 0 Å². The fourth-order valence-electron chi connectivity index (χ4n) is 1.70. The van der Waals surface area contributed by atoms with E-state index in [0.29, 0.717) is 10.8 Å². The number of methoxy groups -OCH3 is 1. The number of hydrogen-bond donors (Lipinski definition) is 1. The monoisotopic (exact) mass is 239 g/mol. The van der Waals surface area contributed by atoms with Crippen LogP contribution < -0.4 is 4.74 Å². The number of benzene rings is 1. The first-order valence-corrected chi connectivity index (χ1v) is 4.98. The molecule has 0 amide bonds. The van der Waals surface area contributed by atoms with Crippen LogP contribution in [0.25, 0.3) is 10.9 Å². The molecule has 2 rings (SSSR count). The number of nitrogens with zero attached hydrogens (tertiary/aromatic N) is 1. The van der Waals surface area contributed by atoms with Crippen LogP contribution in [0.4, 0.5) is 0 Å². The van der Waals surface area contributed by atoms with Gasteiger partial charge in [0.2, 0.25) is 0 Å². The summed E-state index contributed by atoms with van der Waals surface area (Å²) >= 11 is 5.96. The van der Waals surface area contributed by atoms with Gasteiger partial charge in [-0.1, -0.05) is 11.6 Å². The molecule has 0 spiro atoms. The van der Waals surface area contributed by atoms with Crippen LogP contribution in [0.1, 0.15) is 10.5 Å². The van der Waals surface area contributed by atoms with E-state index in [1.54, 1.807) is 29.8 Å². The Labute approximate surface area is 97.0 Å². The lowest BCUT2D eigenvalue weighted by atomic mass is 10.2. The maximum Gasteiger partial charge on any atom is 0.352 e. The van der Waals surface area contributed by atoms with Crippen molar-refractivity contribution in [2.45, 2.75) is 0 Å². The lowest BCUT2D eigenvalue weighted by Crippen LogP contribution is -2.03. The largest absolute Gasteiger partial charge is 0.495 e. The SMILES string of the molecule is COc1cc2c(cc1Cl)cc(C(=O)O)n2C. The molecule has 1 N–H and O–H groups in total. The number of ether oxygens (including phenoxy) is 1. The maximum atomic E-state index is 10.9. The Balaban J connectivity index is 2.77. The number of aromatic nitrogens is 1. The molecule has 2 aromatic rings. The Morgan fingerprint density at radius 1 is 1.44 bits per heavy atom. The summed E-state index contributed by atoms with van der Waals surface area (Å²) in [6, 6.07) is 5.01. The van der Waals surface area contributed by atoms with Gasteiger partial charge in [0, 0.05) is 18.5 Å². The molecule has 0 atom stereocenters. The number of fused-ring (bicyclic) bond motifs is 1. The molecule has 0 saturated heterocycles. The molecular formula is C11H10ClNO3. The maximum absolute atomic E-state index is 10.9. The van der Waals surface area contributed by atoms with Crippen molar-refractivity contribution in [2.75, 3.05) is 7.11 Å². The van der Waals surface area contributed by atoms with Crippen molar-refractivity contribution in [2.24, 2.45) is 7.05 Å². The third kappa shape index (κ3) is 1.51. The summed E-state index contributed by atoms with van der Waals surface area (Å²) in [6.07, 6.45) is 0. The van der Waals surface area contributed by atoms with Gasteiger partial charge < -0.3 is 14.4 Å². The first kappa shape index (κ1) is 10.8. The number of hydrogen-bond acceptors (Lipinski definition) is 2. The third-order valence-electron chi connectivity index (χ3n) is 2.54. The average Bonchev–Trinajstić information content (AvgIpc) is 2.54. The van der Waals surface area contributed by atoms with Gasteiger partial charge in [0.1, 0.15) is 11.4 Å². The second-order valence-electron chi connectivity index (χ2n) is 3.44.